The zero-order valence-corrected chi connectivity index (χ0v) is 3.88. The molecule has 3 heteroatoms. The summed E-state index contributed by atoms with van der Waals surface area (Å²) in [6.07, 6.45) is 6.13. The number of hydrogen-bond acceptors (Lipinski definition) is 3. The summed E-state index contributed by atoms with van der Waals surface area (Å²) < 4.78 is 3.87. The first-order valence-corrected chi connectivity index (χ1v) is 1.64. The van der Waals surface area contributed by atoms with Gasteiger partial charge in [0.15, 0.2) is 0 Å². The molecule has 0 aliphatic rings. The van der Waals surface area contributed by atoms with Crippen LogP contribution in [-0.2, 0) is 4.74 Å². The van der Waals surface area contributed by atoms with Crippen molar-refractivity contribution in [1.82, 2.24) is 0 Å². The highest BCUT2D eigenvalue weighted by atomic mass is 16.8. The first-order valence-electron chi connectivity index (χ1n) is 1.64. The van der Waals surface area contributed by atoms with Gasteiger partial charge in [-0.2, -0.15) is 0 Å². The second-order valence-corrected chi connectivity index (χ2v) is 1.15. The molecule has 0 amide bonds. The third-order valence-corrected chi connectivity index (χ3v) is 0.252. The average Bonchev–Trinajstić information content (AvgIpc) is 1.30. The van der Waals surface area contributed by atoms with Crippen LogP contribution in [0.2, 0.25) is 0 Å². The summed E-state index contributed by atoms with van der Waals surface area (Å²) >= 11 is 0. The van der Waals surface area contributed by atoms with E-state index in [0.717, 1.165) is 6.92 Å². The van der Waals surface area contributed by atoms with Crippen LogP contribution in [0, 0.1) is 12.5 Å². The molecule has 0 radical (unpaired) electrons. The monoisotopic (exact) mass is 102 g/mol. The normalized spacial score (nSPS) is 10.0. The van der Waals surface area contributed by atoms with Crippen LogP contribution in [0.25, 0.3) is 0 Å². The molecule has 7 heavy (non-hydrogen) atoms. The molecule has 40 valence electrons. The standard InChI is InChI=1S/C4H6O3/c1-3-7-4(2,5)6/h1,5-6H,2H3. The predicted molar refractivity (Wildman–Crippen MR) is 22.8 cm³/mol. The second kappa shape index (κ2) is 1.82. The van der Waals surface area contributed by atoms with Gasteiger partial charge in [0.1, 0.15) is 6.11 Å². The van der Waals surface area contributed by atoms with Crippen LogP contribution in [0.5, 0.6) is 0 Å². The van der Waals surface area contributed by atoms with Crippen molar-refractivity contribution in [2.45, 2.75) is 12.9 Å². The molecule has 0 rings (SSSR count). The van der Waals surface area contributed by atoms with Crippen molar-refractivity contribution in [3.05, 3.63) is 0 Å². The molecule has 0 aromatic carbocycles. The summed E-state index contributed by atoms with van der Waals surface area (Å²) in [5.41, 5.74) is 0. The zero-order chi connectivity index (χ0) is 5.91. The maximum Gasteiger partial charge on any atom is 0.327 e. The predicted octanol–water partition coefficient (Wildman–Crippen LogP) is -0.748. The Hall–Kier alpha value is -0.720. The lowest BCUT2D eigenvalue weighted by Crippen LogP contribution is -2.24. The van der Waals surface area contributed by atoms with Gasteiger partial charge in [-0.05, 0) is 0 Å². The molecule has 0 aliphatic carbocycles. The van der Waals surface area contributed by atoms with E-state index < -0.39 is 5.97 Å². The van der Waals surface area contributed by atoms with Crippen molar-refractivity contribution in [2.24, 2.45) is 0 Å². The van der Waals surface area contributed by atoms with E-state index in [1.807, 2.05) is 0 Å². The minimum Gasteiger partial charge on any atom is -0.388 e. The molecular formula is C4H6O3. The highest BCUT2D eigenvalue weighted by molar-refractivity contribution is 4.69. The van der Waals surface area contributed by atoms with E-state index in [-0.39, 0.29) is 0 Å². The summed E-state index contributed by atoms with van der Waals surface area (Å²) in [4.78, 5) is 0. The quantitative estimate of drug-likeness (QED) is 0.338. The molecule has 2 N–H and O–H groups in total. The lowest BCUT2D eigenvalue weighted by atomic mass is 10.7. The SMILES string of the molecule is C#COC(C)(O)O. The Labute approximate surface area is 41.5 Å². The van der Waals surface area contributed by atoms with Crippen LogP contribution in [0.15, 0.2) is 0 Å². The van der Waals surface area contributed by atoms with Crippen molar-refractivity contribution in [1.29, 1.82) is 0 Å². The van der Waals surface area contributed by atoms with E-state index in [1.54, 1.807) is 6.11 Å². The molecule has 0 fully saturated rings. The highest BCUT2D eigenvalue weighted by Crippen LogP contribution is 1.94. The minimum absolute atomic E-state index is 1.02. The van der Waals surface area contributed by atoms with E-state index in [4.69, 9.17) is 10.2 Å². The van der Waals surface area contributed by atoms with E-state index in [2.05, 4.69) is 11.2 Å². The second-order valence-electron chi connectivity index (χ2n) is 1.15. The summed E-state index contributed by atoms with van der Waals surface area (Å²) in [6, 6.07) is 0. The van der Waals surface area contributed by atoms with Gasteiger partial charge in [-0.3, -0.25) is 0 Å². The number of ether oxygens (including phenoxy) is 1. The van der Waals surface area contributed by atoms with Gasteiger partial charge in [0.25, 0.3) is 0 Å². The third-order valence-electron chi connectivity index (χ3n) is 0.252. The molecular weight excluding hydrogens is 96.0 g/mol. The van der Waals surface area contributed by atoms with Gasteiger partial charge in [0.2, 0.25) is 0 Å². The number of terminal acetylenes is 1. The smallest absolute Gasteiger partial charge is 0.327 e. The van der Waals surface area contributed by atoms with Crippen molar-refractivity contribution in [2.75, 3.05) is 0 Å². The Morgan fingerprint density at radius 2 is 2.14 bits per heavy atom. The van der Waals surface area contributed by atoms with Crippen molar-refractivity contribution in [3.8, 4) is 12.5 Å². The summed E-state index contributed by atoms with van der Waals surface area (Å²) in [5.74, 6) is -2.19. The number of hydrogen-bond donors (Lipinski definition) is 2. The highest BCUT2D eigenvalue weighted by Gasteiger charge is 2.13. The summed E-state index contributed by atoms with van der Waals surface area (Å²) in [5, 5.41) is 16.4. The molecule has 3 nitrogen and oxygen atoms in total. The molecule has 0 heterocycles. The van der Waals surface area contributed by atoms with Gasteiger partial charge < -0.3 is 14.9 Å². The molecule has 0 aromatic heterocycles. The Morgan fingerprint density at radius 1 is 1.71 bits per heavy atom. The average molecular weight is 102 g/mol. The lowest BCUT2D eigenvalue weighted by molar-refractivity contribution is -0.293. The van der Waals surface area contributed by atoms with Gasteiger partial charge >= 0.3 is 5.97 Å². The van der Waals surface area contributed by atoms with Gasteiger partial charge in [0.05, 0.1) is 0 Å². The van der Waals surface area contributed by atoms with Crippen LogP contribution < -0.4 is 0 Å². The summed E-state index contributed by atoms with van der Waals surface area (Å²) in [7, 11) is 0. The molecule has 0 spiro atoms. The van der Waals surface area contributed by atoms with E-state index in [1.165, 1.54) is 0 Å². The Kier molecular flexibility index (Phi) is 1.64. The molecule has 0 atom stereocenters. The fourth-order valence-corrected chi connectivity index (χ4v) is 0.112. The van der Waals surface area contributed by atoms with E-state index >= 15 is 0 Å². The third kappa shape index (κ3) is 5.28. The van der Waals surface area contributed by atoms with Crippen molar-refractivity contribution in [3.63, 3.8) is 0 Å². The molecule has 0 saturated heterocycles. The maximum atomic E-state index is 8.21. The van der Waals surface area contributed by atoms with Crippen molar-refractivity contribution < 1.29 is 14.9 Å². The Bertz CT molecular complexity index is 84.1. The van der Waals surface area contributed by atoms with Crippen LogP contribution in [-0.4, -0.2) is 16.2 Å². The van der Waals surface area contributed by atoms with Crippen LogP contribution in [0.3, 0.4) is 0 Å². The van der Waals surface area contributed by atoms with Crippen LogP contribution in [0.4, 0.5) is 0 Å². The van der Waals surface area contributed by atoms with Gasteiger partial charge in [0, 0.05) is 6.92 Å². The Morgan fingerprint density at radius 3 is 2.14 bits per heavy atom. The molecule has 0 saturated carbocycles. The molecule has 0 unspecified atom stereocenters. The molecule has 0 aliphatic heterocycles. The van der Waals surface area contributed by atoms with Crippen molar-refractivity contribution >= 4 is 0 Å². The van der Waals surface area contributed by atoms with E-state index in [9.17, 15) is 0 Å². The fourth-order valence-electron chi connectivity index (χ4n) is 0.112. The van der Waals surface area contributed by atoms with Gasteiger partial charge in [-0.1, -0.05) is 6.42 Å². The van der Waals surface area contributed by atoms with E-state index in [0.29, 0.717) is 0 Å². The molecule has 0 aromatic rings. The van der Waals surface area contributed by atoms with Gasteiger partial charge in [-0.15, -0.1) is 0 Å². The number of aliphatic hydroxyl groups is 2. The Balaban J connectivity index is 3.40. The summed E-state index contributed by atoms with van der Waals surface area (Å²) in [6.45, 7) is 1.02. The topological polar surface area (TPSA) is 49.7 Å². The first-order chi connectivity index (χ1) is 3.06. The minimum atomic E-state index is -2.19. The molecule has 0 bridgehead atoms. The van der Waals surface area contributed by atoms with Crippen LogP contribution >= 0.6 is 0 Å². The first kappa shape index (κ1) is 6.28. The maximum absolute atomic E-state index is 8.21. The number of rotatable bonds is 1. The lowest BCUT2D eigenvalue weighted by Gasteiger charge is -2.10. The largest absolute Gasteiger partial charge is 0.388 e. The zero-order valence-electron chi connectivity index (χ0n) is 3.88. The van der Waals surface area contributed by atoms with Crippen LogP contribution in [0.1, 0.15) is 6.92 Å². The fraction of sp³-hybridized carbons (Fsp3) is 0.500. The van der Waals surface area contributed by atoms with Gasteiger partial charge in [-0.25, -0.2) is 0 Å².